The number of carbonyl (C=O) groups excluding carboxylic acids is 1. The highest BCUT2D eigenvalue weighted by Gasteiger charge is 2.15. The van der Waals surface area contributed by atoms with Crippen molar-refractivity contribution in [2.24, 2.45) is 0 Å². The average Bonchev–Trinajstić information content (AvgIpc) is 2.83. The van der Waals surface area contributed by atoms with E-state index >= 15 is 0 Å². The van der Waals surface area contributed by atoms with Crippen molar-refractivity contribution in [3.63, 3.8) is 0 Å². The molecule has 4 rings (SSSR count). The van der Waals surface area contributed by atoms with Crippen molar-refractivity contribution in [2.75, 3.05) is 20.8 Å². The van der Waals surface area contributed by atoms with E-state index in [0.717, 1.165) is 11.1 Å². The standard InChI is InChI=1S/C26H23FN2O3/c1-31-24-11-8-17(14-25(24)32-2)12-13-28-26(30)21-16-23(18-6-4-3-5-7-18)29-22-10-9-19(27)15-20(21)22/h3-11,14-16H,12-13H2,1-2H3,(H,28,30). The van der Waals surface area contributed by atoms with E-state index < -0.39 is 5.82 Å². The van der Waals surface area contributed by atoms with Crippen LogP contribution >= 0.6 is 0 Å². The molecule has 0 saturated carbocycles. The first kappa shape index (κ1) is 21.3. The molecule has 0 radical (unpaired) electrons. The third-order valence-electron chi connectivity index (χ3n) is 5.23. The summed E-state index contributed by atoms with van der Waals surface area (Å²) in [6.07, 6.45) is 0.606. The summed E-state index contributed by atoms with van der Waals surface area (Å²) in [7, 11) is 3.17. The molecule has 1 amide bonds. The van der Waals surface area contributed by atoms with E-state index in [1.807, 2.05) is 48.5 Å². The number of hydrogen-bond donors (Lipinski definition) is 1. The number of hydrogen-bond acceptors (Lipinski definition) is 4. The normalized spacial score (nSPS) is 10.7. The summed E-state index contributed by atoms with van der Waals surface area (Å²) in [4.78, 5) is 17.7. The highest BCUT2D eigenvalue weighted by atomic mass is 19.1. The molecule has 1 heterocycles. The number of carbonyl (C=O) groups is 1. The van der Waals surface area contributed by atoms with Crippen LogP contribution in [0.2, 0.25) is 0 Å². The number of methoxy groups -OCH3 is 2. The van der Waals surface area contributed by atoms with E-state index in [9.17, 15) is 9.18 Å². The van der Waals surface area contributed by atoms with E-state index in [4.69, 9.17) is 9.47 Å². The molecule has 0 saturated heterocycles. The van der Waals surface area contributed by atoms with E-state index in [1.54, 1.807) is 26.4 Å². The van der Waals surface area contributed by atoms with Gasteiger partial charge in [0, 0.05) is 17.5 Å². The molecular weight excluding hydrogens is 407 g/mol. The highest BCUT2D eigenvalue weighted by molar-refractivity contribution is 6.07. The molecular formula is C26H23FN2O3. The molecule has 5 nitrogen and oxygen atoms in total. The number of benzene rings is 3. The van der Waals surface area contributed by atoms with Crippen molar-refractivity contribution in [3.8, 4) is 22.8 Å². The first-order valence-electron chi connectivity index (χ1n) is 10.2. The Kier molecular flexibility index (Phi) is 6.31. The summed E-state index contributed by atoms with van der Waals surface area (Å²) in [6.45, 7) is 0.411. The van der Waals surface area contributed by atoms with Gasteiger partial charge in [-0.2, -0.15) is 0 Å². The number of aromatic nitrogens is 1. The van der Waals surface area contributed by atoms with Gasteiger partial charge in [0.1, 0.15) is 5.82 Å². The van der Waals surface area contributed by atoms with Crippen LogP contribution < -0.4 is 14.8 Å². The Morgan fingerprint density at radius 1 is 0.938 bits per heavy atom. The molecule has 32 heavy (non-hydrogen) atoms. The predicted molar refractivity (Wildman–Crippen MR) is 123 cm³/mol. The topological polar surface area (TPSA) is 60.5 Å². The lowest BCUT2D eigenvalue weighted by molar-refractivity contribution is 0.0955. The Bertz CT molecular complexity index is 1260. The molecule has 1 aromatic heterocycles. The molecule has 0 aliphatic rings. The van der Waals surface area contributed by atoms with E-state index in [-0.39, 0.29) is 5.91 Å². The molecule has 0 aliphatic carbocycles. The van der Waals surface area contributed by atoms with Crippen molar-refractivity contribution >= 4 is 16.8 Å². The quantitative estimate of drug-likeness (QED) is 0.447. The van der Waals surface area contributed by atoms with Crippen LogP contribution in [0.25, 0.3) is 22.2 Å². The van der Waals surface area contributed by atoms with Gasteiger partial charge in [-0.05, 0) is 48.4 Å². The van der Waals surface area contributed by atoms with Crippen LogP contribution in [0, 0.1) is 5.82 Å². The number of halogens is 1. The maximum Gasteiger partial charge on any atom is 0.252 e. The minimum Gasteiger partial charge on any atom is -0.493 e. The Morgan fingerprint density at radius 3 is 2.47 bits per heavy atom. The van der Waals surface area contributed by atoms with Crippen LogP contribution in [0.4, 0.5) is 4.39 Å². The van der Waals surface area contributed by atoms with Crippen molar-refractivity contribution in [1.82, 2.24) is 10.3 Å². The summed E-state index contributed by atoms with van der Waals surface area (Å²) >= 11 is 0. The van der Waals surface area contributed by atoms with Crippen molar-refractivity contribution < 1.29 is 18.7 Å². The largest absolute Gasteiger partial charge is 0.493 e. The van der Waals surface area contributed by atoms with Gasteiger partial charge >= 0.3 is 0 Å². The molecule has 162 valence electrons. The van der Waals surface area contributed by atoms with Gasteiger partial charge < -0.3 is 14.8 Å². The van der Waals surface area contributed by atoms with Gasteiger partial charge in [0.25, 0.3) is 5.91 Å². The first-order valence-corrected chi connectivity index (χ1v) is 10.2. The number of amides is 1. The van der Waals surface area contributed by atoms with Crippen LogP contribution in [-0.4, -0.2) is 31.7 Å². The summed E-state index contributed by atoms with van der Waals surface area (Å²) in [5, 5.41) is 3.42. The lowest BCUT2D eigenvalue weighted by Crippen LogP contribution is -2.26. The van der Waals surface area contributed by atoms with Gasteiger partial charge in [-0.1, -0.05) is 36.4 Å². The minimum atomic E-state index is -0.411. The summed E-state index contributed by atoms with van der Waals surface area (Å²) in [5.41, 5.74) is 3.50. The second kappa shape index (κ2) is 9.47. The molecule has 0 bridgehead atoms. The van der Waals surface area contributed by atoms with Crippen molar-refractivity contribution in [2.45, 2.75) is 6.42 Å². The average molecular weight is 430 g/mol. The molecule has 1 N–H and O–H groups in total. The number of nitrogens with zero attached hydrogens (tertiary/aromatic N) is 1. The van der Waals surface area contributed by atoms with E-state index in [1.165, 1.54) is 12.1 Å². The van der Waals surface area contributed by atoms with Crippen molar-refractivity contribution in [3.05, 3.63) is 89.7 Å². The first-order chi connectivity index (χ1) is 15.6. The Balaban J connectivity index is 1.58. The lowest BCUT2D eigenvalue weighted by atomic mass is 10.0. The zero-order valence-corrected chi connectivity index (χ0v) is 17.9. The van der Waals surface area contributed by atoms with Gasteiger partial charge in [0.15, 0.2) is 11.5 Å². The van der Waals surface area contributed by atoms with Gasteiger partial charge in [0.05, 0.1) is 31.0 Å². The fourth-order valence-electron chi connectivity index (χ4n) is 3.59. The lowest BCUT2D eigenvalue weighted by Gasteiger charge is -2.12. The smallest absolute Gasteiger partial charge is 0.252 e. The van der Waals surface area contributed by atoms with Gasteiger partial charge in [-0.25, -0.2) is 9.37 Å². The number of rotatable bonds is 7. The molecule has 0 atom stereocenters. The van der Waals surface area contributed by atoms with Crippen LogP contribution in [0.5, 0.6) is 11.5 Å². The van der Waals surface area contributed by atoms with E-state index in [0.29, 0.717) is 46.6 Å². The third-order valence-corrected chi connectivity index (χ3v) is 5.23. The van der Waals surface area contributed by atoms with Crippen LogP contribution in [0.3, 0.4) is 0 Å². The number of fused-ring (bicyclic) bond motifs is 1. The summed E-state index contributed by atoms with van der Waals surface area (Å²) in [6, 6.07) is 21.2. The number of ether oxygens (including phenoxy) is 2. The Morgan fingerprint density at radius 2 is 1.72 bits per heavy atom. The second-order valence-corrected chi connectivity index (χ2v) is 7.28. The SMILES string of the molecule is COc1ccc(CCNC(=O)c2cc(-c3ccccc3)nc3ccc(F)cc23)cc1OC. The second-order valence-electron chi connectivity index (χ2n) is 7.28. The van der Waals surface area contributed by atoms with Gasteiger partial charge in [-0.3, -0.25) is 4.79 Å². The Hall–Kier alpha value is -3.93. The fourth-order valence-corrected chi connectivity index (χ4v) is 3.59. The van der Waals surface area contributed by atoms with E-state index in [2.05, 4.69) is 10.3 Å². The van der Waals surface area contributed by atoms with Gasteiger partial charge in [0.2, 0.25) is 0 Å². The molecule has 4 aromatic rings. The highest BCUT2D eigenvalue weighted by Crippen LogP contribution is 2.28. The van der Waals surface area contributed by atoms with Crippen molar-refractivity contribution in [1.29, 1.82) is 0 Å². The molecule has 0 spiro atoms. The number of nitrogens with one attached hydrogen (secondary N) is 1. The number of pyridine rings is 1. The Labute approximate surface area is 185 Å². The molecule has 0 fully saturated rings. The fraction of sp³-hybridized carbons (Fsp3) is 0.154. The van der Waals surface area contributed by atoms with Crippen LogP contribution in [0.15, 0.2) is 72.8 Å². The van der Waals surface area contributed by atoms with Crippen LogP contribution in [0.1, 0.15) is 15.9 Å². The van der Waals surface area contributed by atoms with Crippen LogP contribution in [-0.2, 0) is 6.42 Å². The molecule has 6 heteroatoms. The monoisotopic (exact) mass is 430 g/mol. The zero-order valence-electron chi connectivity index (χ0n) is 17.9. The maximum atomic E-state index is 13.9. The molecule has 3 aromatic carbocycles. The maximum absolute atomic E-state index is 13.9. The summed E-state index contributed by atoms with van der Waals surface area (Å²) < 4.78 is 24.5. The predicted octanol–water partition coefficient (Wildman–Crippen LogP) is 5.03. The third kappa shape index (κ3) is 4.54. The molecule has 0 aliphatic heterocycles. The minimum absolute atomic E-state index is 0.277. The molecule has 0 unspecified atom stereocenters. The summed E-state index contributed by atoms with van der Waals surface area (Å²) in [5.74, 6) is 0.602. The zero-order chi connectivity index (χ0) is 22.5. The van der Waals surface area contributed by atoms with Gasteiger partial charge in [-0.15, -0.1) is 0 Å².